The van der Waals surface area contributed by atoms with E-state index in [0.29, 0.717) is 5.92 Å². The van der Waals surface area contributed by atoms with Gasteiger partial charge in [0.1, 0.15) is 0 Å². The number of hydrogen-bond acceptors (Lipinski definition) is 1. The van der Waals surface area contributed by atoms with E-state index in [9.17, 15) is 5.11 Å². The molecule has 0 amide bonds. The smallest absolute Gasteiger partial charge is 0.0779 e. The van der Waals surface area contributed by atoms with Crippen LogP contribution in [0.4, 0.5) is 0 Å². The molecule has 1 unspecified atom stereocenters. The SMILES string of the molecule is CC(C)=CC(O)C1(CC(C)C)CCCC1. The molecule has 0 radical (unpaired) electrons. The predicted octanol–water partition coefficient (Wildman–Crippen LogP) is 3.92. The minimum atomic E-state index is -0.229. The number of rotatable bonds is 4. The molecule has 1 rings (SSSR count). The Morgan fingerprint density at radius 3 is 2.20 bits per heavy atom. The fourth-order valence-corrected chi connectivity index (χ4v) is 3.01. The van der Waals surface area contributed by atoms with Crippen LogP contribution in [0.25, 0.3) is 0 Å². The number of allylic oxidation sites excluding steroid dienone is 1. The summed E-state index contributed by atoms with van der Waals surface area (Å²) in [6.07, 6.45) is 7.98. The Labute approximate surface area is 94.6 Å². The summed E-state index contributed by atoms with van der Waals surface area (Å²) in [7, 11) is 0. The molecule has 1 saturated carbocycles. The largest absolute Gasteiger partial charge is 0.388 e. The molecule has 15 heavy (non-hydrogen) atoms. The van der Waals surface area contributed by atoms with Crippen molar-refractivity contribution in [3.8, 4) is 0 Å². The first-order valence-corrected chi connectivity index (χ1v) is 6.29. The van der Waals surface area contributed by atoms with Crippen LogP contribution in [-0.4, -0.2) is 11.2 Å². The van der Waals surface area contributed by atoms with E-state index < -0.39 is 0 Å². The maximum absolute atomic E-state index is 10.3. The summed E-state index contributed by atoms with van der Waals surface area (Å²) in [6.45, 7) is 8.66. The highest BCUT2D eigenvalue weighted by atomic mass is 16.3. The molecule has 0 bridgehead atoms. The molecule has 88 valence electrons. The van der Waals surface area contributed by atoms with Crippen LogP contribution in [0.2, 0.25) is 0 Å². The molecular weight excluding hydrogens is 184 g/mol. The van der Waals surface area contributed by atoms with Gasteiger partial charge in [-0.1, -0.05) is 38.3 Å². The number of hydrogen-bond donors (Lipinski definition) is 1. The molecule has 1 fully saturated rings. The van der Waals surface area contributed by atoms with Crippen LogP contribution in [0.3, 0.4) is 0 Å². The summed E-state index contributed by atoms with van der Waals surface area (Å²) in [5.41, 5.74) is 1.42. The quantitative estimate of drug-likeness (QED) is 0.697. The van der Waals surface area contributed by atoms with E-state index in [-0.39, 0.29) is 11.5 Å². The first kappa shape index (κ1) is 12.8. The zero-order valence-electron chi connectivity index (χ0n) is 10.7. The van der Waals surface area contributed by atoms with Gasteiger partial charge in [-0.3, -0.25) is 0 Å². The lowest BCUT2D eigenvalue weighted by Crippen LogP contribution is -2.32. The molecule has 0 aromatic rings. The molecule has 0 aromatic carbocycles. The van der Waals surface area contributed by atoms with Gasteiger partial charge in [-0.15, -0.1) is 0 Å². The van der Waals surface area contributed by atoms with E-state index in [1.807, 2.05) is 6.08 Å². The molecule has 0 aliphatic heterocycles. The van der Waals surface area contributed by atoms with E-state index >= 15 is 0 Å². The Morgan fingerprint density at radius 1 is 1.27 bits per heavy atom. The van der Waals surface area contributed by atoms with Gasteiger partial charge in [0.25, 0.3) is 0 Å². The molecule has 0 saturated heterocycles. The summed E-state index contributed by atoms with van der Waals surface area (Å²) in [4.78, 5) is 0. The van der Waals surface area contributed by atoms with E-state index in [0.717, 1.165) is 6.42 Å². The molecule has 1 nitrogen and oxygen atoms in total. The monoisotopic (exact) mass is 210 g/mol. The third-order valence-corrected chi connectivity index (χ3v) is 3.53. The normalized spacial score (nSPS) is 21.7. The van der Waals surface area contributed by atoms with Crippen LogP contribution >= 0.6 is 0 Å². The van der Waals surface area contributed by atoms with E-state index in [4.69, 9.17) is 0 Å². The van der Waals surface area contributed by atoms with Crippen LogP contribution in [0, 0.1) is 11.3 Å². The average molecular weight is 210 g/mol. The second kappa shape index (κ2) is 5.16. The standard InChI is InChI=1S/C14H26O/c1-11(2)9-13(15)14(10-12(3)4)7-5-6-8-14/h9,12-13,15H,5-8,10H2,1-4H3. The minimum absolute atomic E-state index is 0.186. The topological polar surface area (TPSA) is 20.2 Å². The minimum Gasteiger partial charge on any atom is -0.388 e. The van der Waals surface area contributed by atoms with Crippen molar-refractivity contribution in [1.29, 1.82) is 0 Å². The summed E-state index contributed by atoms with van der Waals surface area (Å²) in [5, 5.41) is 10.3. The second-order valence-electron chi connectivity index (χ2n) is 5.86. The molecule has 0 heterocycles. The van der Waals surface area contributed by atoms with Crippen molar-refractivity contribution in [1.82, 2.24) is 0 Å². The number of aliphatic hydroxyl groups excluding tert-OH is 1. The van der Waals surface area contributed by atoms with Gasteiger partial charge < -0.3 is 5.11 Å². The predicted molar refractivity (Wildman–Crippen MR) is 65.8 cm³/mol. The van der Waals surface area contributed by atoms with Gasteiger partial charge in [0.15, 0.2) is 0 Å². The molecule has 0 aromatic heterocycles. The Balaban J connectivity index is 2.76. The Kier molecular flexibility index (Phi) is 4.39. The first-order valence-electron chi connectivity index (χ1n) is 6.29. The van der Waals surface area contributed by atoms with Gasteiger partial charge >= 0.3 is 0 Å². The zero-order valence-corrected chi connectivity index (χ0v) is 10.7. The fourth-order valence-electron chi connectivity index (χ4n) is 3.01. The highest BCUT2D eigenvalue weighted by Crippen LogP contribution is 2.46. The molecular formula is C14H26O. The van der Waals surface area contributed by atoms with Gasteiger partial charge in [0.2, 0.25) is 0 Å². The van der Waals surface area contributed by atoms with Gasteiger partial charge in [-0.25, -0.2) is 0 Å². The van der Waals surface area contributed by atoms with E-state index in [1.54, 1.807) is 0 Å². The molecule has 1 atom stereocenters. The van der Waals surface area contributed by atoms with Crippen molar-refractivity contribution >= 4 is 0 Å². The Bertz CT molecular complexity index is 217. The van der Waals surface area contributed by atoms with Crippen LogP contribution in [0.1, 0.15) is 59.8 Å². The Hall–Kier alpha value is -0.300. The molecule has 1 aliphatic rings. The van der Waals surface area contributed by atoms with Gasteiger partial charge in [-0.2, -0.15) is 0 Å². The fraction of sp³-hybridized carbons (Fsp3) is 0.857. The van der Waals surface area contributed by atoms with Crippen molar-refractivity contribution in [3.63, 3.8) is 0 Å². The third kappa shape index (κ3) is 3.34. The van der Waals surface area contributed by atoms with Crippen LogP contribution < -0.4 is 0 Å². The van der Waals surface area contributed by atoms with Crippen LogP contribution in [0.15, 0.2) is 11.6 Å². The number of aliphatic hydroxyl groups is 1. The highest BCUT2D eigenvalue weighted by Gasteiger charge is 2.39. The molecule has 1 heteroatoms. The lowest BCUT2D eigenvalue weighted by molar-refractivity contribution is 0.0473. The maximum atomic E-state index is 10.3. The summed E-state index contributed by atoms with van der Waals surface area (Å²) in [6, 6.07) is 0. The summed E-state index contributed by atoms with van der Waals surface area (Å²) < 4.78 is 0. The van der Waals surface area contributed by atoms with Crippen molar-refractivity contribution in [2.75, 3.05) is 0 Å². The lowest BCUT2D eigenvalue weighted by Gasteiger charge is -2.34. The summed E-state index contributed by atoms with van der Waals surface area (Å²) >= 11 is 0. The first-order chi connectivity index (χ1) is 6.96. The van der Waals surface area contributed by atoms with Crippen molar-refractivity contribution in [2.45, 2.75) is 65.9 Å². The molecule has 0 spiro atoms. The zero-order chi connectivity index (χ0) is 11.5. The summed E-state index contributed by atoms with van der Waals surface area (Å²) in [5.74, 6) is 0.684. The highest BCUT2D eigenvalue weighted by molar-refractivity contribution is 5.06. The third-order valence-electron chi connectivity index (χ3n) is 3.53. The van der Waals surface area contributed by atoms with Crippen molar-refractivity contribution in [3.05, 3.63) is 11.6 Å². The van der Waals surface area contributed by atoms with Gasteiger partial charge in [0.05, 0.1) is 6.10 Å². The van der Waals surface area contributed by atoms with E-state index in [1.165, 1.54) is 31.3 Å². The second-order valence-corrected chi connectivity index (χ2v) is 5.86. The van der Waals surface area contributed by atoms with Gasteiger partial charge in [-0.05, 0) is 39.0 Å². The molecule has 1 N–H and O–H groups in total. The van der Waals surface area contributed by atoms with Crippen LogP contribution in [0.5, 0.6) is 0 Å². The molecule has 1 aliphatic carbocycles. The average Bonchev–Trinajstić information content (AvgIpc) is 2.51. The van der Waals surface area contributed by atoms with Crippen molar-refractivity contribution in [2.24, 2.45) is 11.3 Å². The maximum Gasteiger partial charge on any atom is 0.0779 e. The Morgan fingerprint density at radius 2 is 1.80 bits per heavy atom. The van der Waals surface area contributed by atoms with Gasteiger partial charge in [0, 0.05) is 5.41 Å². The van der Waals surface area contributed by atoms with E-state index in [2.05, 4.69) is 27.7 Å². The van der Waals surface area contributed by atoms with Crippen LogP contribution in [-0.2, 0) is 0 Å². The van der Waals surface area contributed by atoms with Crippen molar-refractivity contribution < 1.29 is 5.11 Å². The lowest BCUT2D eigenvalue weighted by atomic mass is 9.73.